The highest BCUT2D eigenvalue weighted by Gasteiger charge is 2.33. The highest BCUT2D eigenvalue weighted by molar-refractivity contribution is 8.18. The summed E-state index contributed by atoms with van der Waals surface area (Å²) in [6, 6.07) is 27.1. The van der Waals surface area contributed by atoms with E-state index in [0.29, 0.717) is 6.54 Å². The van der Waals surface area contributed by atoms with Gasteiger partial charge in [-0.1, -0.05) is 79.6 Å². The molecule has 1 aliphatic rings. The van der Waals surface area contributed by atoms with Gasteiger partial charge in [-0.05, 0) is 76.5 Å². The third kappa shape index (κ3) is 4.31. The van der Waals surface area contributed by atoms with Crippen LogP contribution in [-0.4, -0.2) is 22.5 Å². The van der Waals surface area contributed by atoms with Crippen molar-refractivity contribution in [3.8, 4) is 0 Å². The number of hydrogen-bond donors (Lipinski definition) is 0. The van der Waals surface area contributed by atoms with Gasteiger partial charge in [0.2, 0.25) is 0 Å². The predicted octanol–water partition coefficient (Wildman–Crippen LogP) is 7.71. The number of rotatable bonds is 5. The average molecular weight is 451 g/mol. The fourth-order valence-electron chi connectivity index (χ4n) is 4.17. The van der Waals surface area contributed by atoms with Crippen LogP contribution in [0.15, 0.2) is 88.8 Å². The zero-order valence-corrected chi connectivity index (χ0v) is 19.7. The monoisotopic (exact) mass is 450 g/mol. The number of unbranched alkanes of at least 4 members (excludes halogenated alkanes) is 1. The lowest BCUT2D eigenvalue weighted by Crippen LogP contribution is -2.30. The number of amides is 1. The van der Waals surface area contributed by atoms with Crippen LogP contribution in [0.25, 0.3) is 27.6 Å². The van der Waals surface area contributed by atoms with Crippen LogP contribution >= 0.6 is 11.8 Å². The molecule has 4 aromatic carbocycles. The molecular weight excluding hydrogens is 424 g/mol. The maximum absolute atomic E-state index is 13.5. The van der Waals surface area contributed by atoms with E-state index in [1.165, 1.54) is 28.1 Å². The molecule has 0 spiro atoms. The summed E-state index contributed by atoms with van der Waals surface area (Å²) in [5.74, 6) is 0.0383. The highest BCUT2D eigenvalue weighted by atomic mass is 32.2. The van der Waals surface area contributed by atoms with E-state index in [9.17, 15) is 4.79 Å². The van der Waals surface area contributed by atoms with E-state index in [1.807, 2.05) is 17.0 Å². The smallest absolute Gasteiger partial charge is 0.266 e. The quantitative estimate of drug-likeness (QED) is 0.230. The third-order valence-corrected chi connectivity index (χ3v) is 6.98. The van der Waals surface area contributed by atoms with Crippen LogP contribution < -0.4 is 0 Å². The van der Waals surface area contributed by atoms with Crippen LogP contribution in [0.2, 0.25) is 0 Å². The van der Waals surface area contributed by atoms with Crippen LogP contribution in [0, 0.1) is 6.92 Å². The van der Waals surface area contributed by atoms with Crippen LogP contribution in [0.4, 0.5) is 5.69 Å². The zero-order chi connectivity index (χ0) is 22.8. The molecule has 4 aromatic rings. The Kier molecular flexibility index (Phi) is 6.01. The van der Waals surface area contributed by atoms with Crippen molar-refractivity contribution in [3.05, 3.63) is 94.9 Å². The average Bonchev–Trinajstić information content (AvgIpc) is 3.12. The van der Waals surface area contributed by atoms with Gasteiger partial charge in [-0.3, -0.25) is 9.69 Å². The summed E-state index contributed by atoms with van der Waals surface area (Å²) in [4.78, 5) is 20.9. The molecule has 164 valence electrons. The SMILES string of the molecule is CCCCN1C(=O)/C(=C\c2c3ccccc3cc3ccccc23)SC1=Nc1ccc(C)cc1. The van der Waals surface area contributed by atoms with E-state index in [2.05, 4.69) is 86.7 Å². The molecule has 1 amide bonds. The summed E-state index contributed by atoms with van der Waals surface area (Å²) in [5, 5.41) is 5.42. The first kappa shape index (κ1) is 21.5. The molecule has 0 aromatic heterocycles. The fraction of sp³-hybridized carbons (Fsp3) is 0.172. The summed E-state index contributed by atoms with van der Waals surface area (Å²) in [6.45, 7) is 4.89. The number of hydrogen-bond acceptors (Lipinski definition) is 3. The summed E-state index contributed by atoms with van der Waals surface area (Å²) in [6.07, 6.45) is 4.04. The first-order valence-electron chi connectivity index (χ1n) is 11.4. The Morgan fingerprint density at radius 3 is 2.18 bits per heavy atom. The molecule has 0 saturated carbocycles. The normalized spacial score (nSPS) is 16.5. The van der Waals surface area contributed by atoms with Crippen LogP contribution in [0.3, 0.4) is 0 Å². The van der Waals surface area contributed by atoms with Crippen molar-refractivity contribution < 1.29 is 4.79 Å². The summed E-state index contributed by atoms with van der Waals surface area (Å²) in [7, 11) is 0. The van der Waals surface area contributed by atoms with Crippen molar-refractivity contribution in [2.24, 2.45) is 4.99 Å². The number of aliphatic imine (C=N–C) groups is 1. The maximum atomic E-state index is 13.5. The molecule has 0 radical (unpaired) electrons. The first-order valence-corrected chi connectivity index (χ1v) is 12.2. The lowest BCUT2D eigenvalue weighted by molar-refractivity contribution is -0.122. The van der Waals surface area contributed by atoms with Crippen LogP contribution in [0.5, 0.6) is 0 Å². The fourth-order valence-corrected chi connectivity index (χ4v) is 5.18. The molecule has 0 bridgehead atoms. The Labute approximate surface area is 198 Å². The number of fused-ring (bicyclic) bond motifs is 2. The Hall–Kier alpha value is -3.37. The van der Waals surface area contributed by atoms with Crippen molar-refractivity contribution in [2.75, 3.05) is 6.54 Å². The predicted molar refractivity (Wildman–Crippen MR) is 142 cm³/mol. The van der Waals surface area contributed by atoms with Gasteiger partial charge in [0.05, 0.1) is 10.6 Å². The van der Waals surface area contributed by atoms with E-state index < -0.39 is 0 Å². The minimum Gasteiger partial charge on any atom is -0.286 e. The molecule has 0 aliphatic carbocycles. The Balaban J connectivity index is 1.63. The van der Waals surface area contributed by atoms with Gasteiger partial charge in [0.25, 0.3) is 5.91 Å². The molecular formula is C29H26N2OS. The van der Waals surface area contributed by atoms with Gasteiger partial charge in [0.15, 0.2) is 5.17 Å². The number of aryl methyl sites for hydroxylation is 1. The molecule has 1 aliphatic heterocycles. The first-order chi connectivity index (χ1) is 16.1. The van der Waals surface area contributed by atoms with E-state index >= 15 is 0 Å². The van der Waals surface area contributed by atoms with Gasteiger partial charge in [-0.15, -0.1) is 0 Å². The number of carbonyl (C=O) groups is 1. The largest absolute Gasteiger partial charge is 0.286 e. The highest BCUT2D eigenvalue weighted by Crippen LogP contribution is 2.37. The second-order valence-corrected chi connectivity index (χ2v) is 9.39. The maximum Gasteiger partial charge on any atom is 0.266 e. The summed E-state index contributed by atoms with van der Waals surface area (Å²) >= 11 is 1.48. The minimum absolute atomic E-state index is 0.0383. The van der Waals surface area contributed by atoms with E-state index in [4.69, 9.17) is 4.99 Å². The number of amidine groups is 1. The summed E-state index contributed by atoms with van der Waals surface area (Å²) in [5.41, 5.74) is 3.15. The number of benzene rings is 4. The van der Waals surface area contributed by atoms with E-state index in [0.717, 1.165) is 44.9 Å². The topological polar surface area (TPSA) is 32.7 Å². The zero-order valence-electron chi connectivity index (χ0n) is 18.9. The summed E-state index contributed by atoms with van der Waals surface area (Å²) < 4.78 is 0. The molecule has 4 heteroatoms. The van der Waals surface area contributed by atoms with Gasteiger partial charge in [-0.2, -0.15) is 0 Å². The van der Waals surface area contributed by atoms with Crippen LogP contribution in [-0.2, 0) is 4.79 Å². The second-order valence-electron chi connectivity index (χ2n) is 8.38. The molecule has 1 saturated heterocycles. The van der Waals surface area contributed by atoms with Crippen molar-refractivity contribution in [1.82, 2.24) is 4.90 Å². The number of nitrogens with zero attached hydrogens (tertiary/aromatic N) is 2. The second kappa shape index (κ2) is 9.24. The van der Waals surface area contributed by atoms with Crippen LogP contribution in [0.1, 0.15) is 30.9 Å². The third-order valence-electron chi connectivity index (χ3n) is 5.97. The van der Waals surface area contributed by atoms with Gasteiger partial charge >= 0.3 is 0 Å². The van der Waals surface area contributed by atoms with Crippen molar-refractivity contribution in [1.29, 1.82) is 0 Å². The van der Waals surface area contributed by atoms with Gasteiger partial charge < -0.3 is 0 Å². The Bertz CT molecular complexity index is 1350. The number of thioether (sulfide) groups is 1. The van der Waals surface area contributed by atoms with Gasteiger partial charge in [-0.25, -0.2) is 4.99 Å². The van der Waals surface area contributed by atoms with Gasteiger partial charge in [0.1, 0.15) is 0 Å². The Morgan fingerprint density at radius 1 is 0.909 bits per heavy atom. The molecule has 0 atom stereocenters. The molecule has 5 rings (SSSR count). The van der Waals surface area contributed by atoms with Crippen molar-refractivity contribution in [2.45, 2.75) is 26.7 Å². The van der Waals surface area contributed by atoms with E-state index in [-0.39, 0.29) is 5.91 Å². The van der Waals surface area contributed by atoms with Gasteiger partial charge in [0, 0.05) is 6.54 Å². The molecule has 0 unspecified atom stereocenters. The molecule has 33 heavy (non-hydrogen) atoms. The van der Waals surface area contributed by atoms with E-state index in [1.54, 1.807) is 0 Å². The van der Waals surface area contributed by atoms with Crippen molar-refractivity contribution >= 4 is 56.1 Å². The molecule has 1 heterocycles. The molecule has 1 fully saturated rings. The minimum atomic E-state index is 0.0383. The van der Waals surface area contributed by atoms with Crippen molar-refractivity contribution in [3.63, 3.8) is 0 Å². The molecule has 3 nitrogen and oxygen atoms in total. The Morgan fingerprint density at radius 2 is 1.55 bits per heavy atom. The molecule has 0 N–H and O–H groups in total. The number of carbonyl (C=O) groups excluding carboxylic acids is 1. The lowest BCUT2D eigenvalue weighted by atomic mass is 9.96. The standard InChI is InChI=1S/C29H26N2OS/c1-3-4-17-31-28(32)27(33-29(31)30-23-15-13-20(2)14-16-23)19-26-24-11-7-5-9-21(24)18-22-10-6-8-12-25(22)26/h5-16,18-19H,3-4,17H2,1-2H3/b27-19+,30-29?. The lowest BCUT2D eigenvalue weighted by Gasteiger charge is -2.14.